The molecule has 2 aromatic carbocycles. The summed E-state index contributed by atoms with van der Waals surface area (Å²) in [4.78, 5) is 12.9. The normalized spacial score (nSPS) is 11.6. The van der Waals surface area contributed by atoms with Crippen LogP contribution in [0.3, 0.4) is 0 Å². The van der Waals surface area contributed by atoms with Crippen molar-refractivity contribution in [2.45, 2.75) is 46.1 Å². The first-order chi connectivity index (χ1) is 10.6. The Morgan fingerprint density at radius 3 is 2.45 bits per heavy atom. The monoisotopic (exact) mass is 293 g/mol. The molecule has 1 aromatic heterocycles. The highest BCUT2D eigenvalue weighted by atomic mass is 16.1. The predicted molar refractivity (Wildman–Crippen MR) is 94.7 cm³/mol. The second-order valence-electron chi connectivity index (χ2n) is 6.28. The molecule has 0 aliphatic carbocycles. The molecule has 22 heavy (non-hydrogen) atoms. The van der Waals surface area contributed by atoms with E-state index in [4.69, 9.17) is 0 Å². The third kappa shape index (κ3) is 2.43. The summed E-state index contributed by atoms with van der Waals surface area (Å²) in [6, 6.07) is 14.3. The molecule has 0 amide bonds. The molecular formula is C20H23NO. The van der Waals surface area contributed by atoms with Crippen molar-refractivity contribution < 1.29 is 0 Å². The second kappa shape index (κ2) is 5.96. The Morgan fingerprint density at radius 2 is 1.73 bits per heavy atom. The number of fused-ring (bicyclic) bond motifs is 2. The van der Waals surface area contributed by atoms with Crippen LogP contribution in [0.25, 0.3) is 21.8 Å². The molecule has 0 saturated heterocycles. The van der Waals surface area contributed by atoms with E-state index in [1.165, 1.54) is 5.56 Å². The van der Waals surface area contributed by atoms with E-state index in [-0.39, 0.29) is 5.43 Å². The molecule has 114 valence electrons. The van der Waals surface area contributed by atoms with Crippen molar-refractivity contribution in [3.8, 4) is 0 Å². The lowest BCUT2D eigenvalue weighted by Gasteiger charge is -2.16. The van der Waals surface area contributed by atoms with E-state index in [0.717, 1.165) is 41.2 Å². The van der Waals surface area contributed by atoms with Gasteiger partial charge in [-0.15, -0.1) is 0 Å². The Hall–Kier alpha value is -2.09. The van der Waals surface area contributed by atoms with Crippen LogP contribution in [-0.4, -0.2) is 4.57 Å². The van der Waals surface area contributed by atoms with Crippen LogP contribution in [0.15, 0.2) is 47.3 Å². The quantitative estimate of drug-likeness (QED) is 0.615. The van der Waals surface area contributed by atoms with E-state index in [1.54, 1.807) is 0 Å². The van der Waals surface area contributed by atoms with Gasteiger partial charge in [0.1, 0.15) is 0 Å². The zero-order valence-corrected chi connectivity index (χ0v) is 13.6. The lowest BCUT2D eigenvalue weighted by molar-refractivity contribution is 0.662. The largest absolute Gasteiger partial charge is 0.340 e. The van der Waals surface area contributed by atoms with Crippen LogP contribution in [0.5, 0.6) is 0 Å². The molecule has 0 saturated carbocycles. The number of unbranched alkanes of at least 4 members (excludes halogenated alkanes) is 1. The maximum absolute atomic E-state index is 12.9. The first-order valence-corrected chi connectivity index (χ1v) is 8.18. The topological polar surface area (TPSA) is 22.0 Å². The summed E-state index contributed by atoms with van der Waals surface area (Å²) in [5, 5.41) is 1.67. The molecule has 3 aromatic rings. The average Bonchev–Trinajstić information content (AvgIpc) is 2.54. The summed E-state index contributed by atoms with van der Waals surface area (Å²) in [5.41, 5.74) is 3.48. The molecule has 0 unspecified atom stereocenters. The minimum absolute atomic E-state index is 0.154. The molecular weight excluding hydrogens is 270 g/mol. The van der Waals surface area contributed by atoms with Gasteiger partial charge >= 0.3 is 0 Å². The molecule has 0 spiro atoms. The van der Waals surface area contributed by atoms with Gasteiger partial charge in [-0.1, -0.05) is 45.4 Å². The minimum atomic E-state index is 0.154. The fourth-order valence-electron chi connectivity index (χ4n) is 3.06. The smallest absolute Gasteiger partial charge is 0.197 e. The van der Waals surface area contributed by atoms with Crippen molar-refractivity contribution in [1.29, 1.82) is 0 Å². The summed E-state index contributed by atoms with van der Waals surface area (Å²) in [7, 11) is 0. The van der Waals surface area contributed by atoms with Gasteiger partial charge in [-0.05, 0) is 42.2 Å². The highest BCUT2D eigenvalue weighted by Gasteiger charge is 2.11. The molecule has 0 N–H and O–H groups in total. The number of pyridine rings is 1. The van der Waals surface area contributed by atoms with E-state index >= 15 is 0 Å². The Labute approximate surface area is 131 Å². The van der Waals surface area contributed by atoms with Crippen LogP contribution < -0.4 is 5.43 Å². The van der Waals surface area contributed by atoms with E-state index in [2.05, 4.69) is 49.6 Å². The van der Waals surface area contributed by atoms with Crippen LogP contribution in [-0.2, 0) is 6.54 Å². The van der Waals surface area contributed by atoms with Gasteiger partial charge in [0.2, 0.25) is 0 Å². The van der Waals surface area contributed by atoms with Crippen molar-refractivity contribution in [1.82, 2.24) is 4.57 Å². The van der Waals surface area contributed by atoms with Crippen molar-refractivity contribution in [2.24, 2.45) is 0 Å². The van der Waals surface area contributed by atoms with Crippen LogP contribution in [0.1, 0.15) is 45.1 Å². The molecule has 2 heteroatoms. The SMILES string of the molecule is CCCCn1c2ccccc2c(=O)c2cc(C(C)C)ccc21. The van der Waals surface area contributed by atoms with E-state index in [0.29, 0.717) is 5.92 Å². The number of hydrogen-bond acceptors (Lipinski definition) is 1. The summed E-state index contributed by atoms with van der Waals surface area (Å²) in [6.45, 7) is 7.48. The predicted octanol–water partition coefficient (Wildman–Crippen LogP) is 5.08. The maximum atomic E-state index is 12.9. The molecule has 0 aliphatic rings. The minimum Gasteiger partial charge on any atom is -0.340 e. The number of para-hydroxylation sites is 1. The molecule has 0 radical (unpaired) electrons. The summed E-state index contributed by atoms with van der Waals surface area (Å²) in [6.07, 6.45) is 2.26. The molecule has 0 bridgehead atoms. The number of aryl methyl sites for hydroxylation is 1. The van der Waals surface area contributed by atoms with Crippen molar-refractivity contribution in [3.05, 3.63) is 58.3 Å². The molecule has 0 aliphatic heterocycles. The Balaban J connectivity index is 2.40. The molecule has 3 rings (SSSR count). The van der Waals surface area contributed by atoms with Gasteiger partial charge in [0, 0.05) is 17.3 Å². The van der Waals surface area contributed by atoms with Gasteiger partial charge in [0.15, 0.2) is 5.43 Å². The first kappa shape index (κ1) is 14.8. The Morgan fingerprint density at radius 1 is 1.00 bits per heavy atom. The standard InChI is InChI=1S/C20H23NO/c1-4-5-12-21-18-9-7-6-8-16(18)20(22)17-13-15(14(2)3)10-11-19(17)21/h6-11,13-14H,4-5,12H2,1-3H3. The van der Waals surface area contributed by atoms with Crippen LogP contribution in [0.4, 0.5) is 0 Å². The zero-order chi connectivity index (χ0) is 15.7. The third-order valence-electron chi connectivity index (χ3n) is 4.40. The zero-order valence-electron chi connectivity index (χ0n) is 13.6. The highest BCUT2D eigenvalue weighted by molar-refractivity contribution is 5.93. The number of hydrogen-bond donors (Lipinski definition) is 0. The average molecular weight is 293 g/mol. The van der Waals surface area contributed by atoms with Crippen LogP contribution >= 0.6 is 0 Å². The molecule has 2 nitrogen and oxygen atoms in total. The third-order valence-corrected chi connectivity index (χ3v) is 4.40. The second-order valence-corrected chi connectivity index (χ2v) is 6.28. The molecule has 1 heterocycles. The summed E-state index contributed by atoms with van der Waals surface area (Å²) < 4.78 is 2.31. The van der Waals surface area contributed by atoms with Gasteiger partial charge in [-0.3, -0.25) is 4.79 Å². The number of benzene rings is 2. The lowest BCUT2D eigenvalue weighted by Crippen LogP contribution is -2.12. The molecule has 0 atom stereocenters. The van der Waals surface area contributed by atoms with Crippen LogP contribution in [0, 0.1) is 0 Å². The number of aromatic nitrogens is 1. The van der Waals surface area contributed by atoms with Crippen molar-refractivity contribution >= 4 is 21.8 Å². The van der Waals surface area contributed by atoms with Crippen molar-refractivity contribution in [2.75, 3.05) is 0 Å². The lowest BCUT2D eigenvalue weighted by atomic mass is 9.99. The maximum Gasteiger partial charge on any atom is 0.197 e. The van der Waals surface area contributed by atoms with Crippen LogP contribution in [0.2, 0.25) is 0 Å². The number of rotatable bonds is 4. The van der Waals surface area contributed by atoms with Gasteiger partial charge in [-0.2, -0.15) is 0 Å². The van der Waals surface area contributed by atoms with E-state index in [1.807, 2.05) is 18.2 Å². The fraction of sp³-hybridized carbons (Fsp3) is 0.350. The van der Waals surface area contributed by atoms with Gasteiger partial charge in [0.25, 0.3) is 0 Å². The highest BCUT2D eigenvalue weighted by Crippen LogP contribution is 2.23. The fourth-order valence-corrected chi connectivity index (χ4v) is 3.06. The number of nitrogens with zero attached hydrogens (tertiary/aromatic N) is 1. The summed E-state index contributed by atoms with van der Waals surface area (Å²) >= 11 is 0. The van der Waals surface area contributed by atoms with Gasteiger partial charge in [0.05, 0.1) is 11.0 Å². The van der Waals surface area contributed by atoms with Gasteiger partial charge < -0.3 is 4.57 Å². The Bertz CT molecular complexity index is 874. The summed E-state index contributed by atoms with van der Waals surface area (Å²) in [5.74, 6) is 0.430. The van der Waals surface area contributed by atoms with Crippen molar-refractivity contribution in [3.63, 3.8) is 0 Å². The van der Waals surface area contributed by atoms with Gasteiger partial charge in [-0.25, -0.2) is 0 Å². The Kier molecular flexibility index (Phi) is 4.02. The van der Waals surface area contributed by atoms with E-state index < -0.39 is 0 Å². The molecule has 0 fully saturated rings. The van der Waals surface area contributed by atoms with E-state index in [9.17, 15) is 4.79 Å². The first-order valence-electron chi connectivity index (χ1n) is 8.18.